The van der Waals surface area contributed by atoms with Gasteiger partial charge in [-0.05, 0) is 118 Å². The van der Waals surface area contributed by atoms with Crippen molar-refractivity contribution in [3.63, 3.8) is 0 Å². The van der Waals surface area contributed by atoms with Crippen molar-refractivity contribution in [3.05, 3.63) is 35.9 Å². The number of carbonyl (C=O) groups is 1. The molecule has 8 rings (SSSR count). The van der Waals surface area contributed by atoms with Gasteiger partial charge in [-0.25, -0.2) is 4.39 Å². The number of para-hydroxylation sites is 1. The topological polar surface area (TPSA) is 69.0 Å². The van der Waals surface area contributed by atoms with Gasteiger partial charge in [0.15, 0.2) is 22.5 Å². The zero-order valence-electron chi connectivity index (χ0n) is 23.0. The molecule has 1 aromatic carbocycles. The van der Waals surface area contributed by atoms with Crippen LogP contribution in [0.15, 0.2) is 29.4 Å². The van der Waals surface area contributed by atoms with Gasteiger partial charge < -0.3 is 10.1 Å². The summed E-state index contributed by atoms with van der Waals surface area (Å²) >= 11 is 1.47. The van der Waals surface area contributed by atoms with E-state index in [0.29, 0.717) is 22.9 Å². The average Bonchev–Trinajstić information content (AvgIpc) is 3.65. The first-order valence-electron chi connectivity index (χ1n) is 15.2. The lowest BCUT2D eigenvalue weighted by atomic mass is 9.49. The van der Waals surface area contributed by atoms with Crippen LogP contribution >= 0.6 is 11.8 Å². The Balaban J connectivity index is 1.02. The van der Waals surface area contributed by atoms with Crippen LogP contribution in [0.5, 0.6) is 5.75 Å². The third-order valence-corrected chi connectivity index (χ3v) is 11.8. The number of hydrogen-bond acceptors (Lipinski definition) is 5. The summed E-state index contributed by atoms with van der Waals surface area (Å²) in [4.78, 5) is 13.1. The predicted octanol–water partition coefficient (Wildman–Crippen LogP) is 6.42. The van der Waals surface area contributed by atoms with Crippen LogP contribution in [-0.4, -0.2) is 33.0 Å². The fraction of sp³-hybridized carbons (Fsp3) is 0.710. The van der Waals surface area contributed by atoms with Crippen LogP contribution in [-0.2, 0) is 11.4 Å². The molecule has 0 unspecified atom stereocenters. The fourth-order valence-corrected chi connectivity index (χ4v) is 10.5. The highest BCUT2D eigenvalue weighted by Gasteiger charge is 2.50. The van der Waals surface area contributed by atoms with Crippen molar-refractivity contribution in [2.75, 3.05) is 12.3 Å². The molecule has 2 aromatic rings. The van der Waals surface area contributed by atoms with Gasteiger partial charge in [0.05, 0.1) is 5.75 Å². The van der Waals surface area contributed by atoms with Crippen molar-refractivity contribution in [1.29, 1.82) is 0 Å². The van der Waals surface area contributed by atoms with Crippen LogP contribution in [0, 0.1) is 46.7 Å². The van der Waals surface area contributed by atoms with E-state index in [1.807, 2.05) is 0 Å². The molecule has 0 spiro atoms. The van der Waals surface area contributed by atoms with E-state index >= 15 is 0 Å². The number of carbonyl (C=O) groups excluding carboxylic acids is 1. The van der Waals surface area contributed by atoms with E-state index in [2.05, 4.69) is 27.0 Å². The highest BCUT2D eigenvalue weighted by atomic mass is 32.2. The first-order chi connectivity index (χ1) is 18.9. The highest BCUT2D eigenvalue weighted by molar-refractivity contribution is 7.99. The Morgan fingerprint density at radius 1 is 1.08 bits per heavy atom. The molecule has 1 amide bonds. The number of fused-ring (bicyclic) bond motifs is 2. The van der Waals surface area contributed by atoms with Gasteiger partial charge in [0.2, 0.25) is 5.91 Å². The molecule has 6 nitrogen and oxygen atoms in total. The summed E-state index contributed by atoms with van der Waals surface area (Å²) in [5.41, 5.74) is 0.336. The molecule has 39 heavy (non-hydrogen) atoms. The van der Waals surface area contributed by atoms with Crippen molar-refractivity contribution < 1.29 is 13.9 Å². The van der Waals surface area contributed by atoms with Crippen LogP contribution in [0.25, 0.3) is 0 Å². The first-order valence-corrected chi connectivity index (χ1v) is 16.1. The number of thioether (sulfide) groups is 1. The van der Waals surface area contributed by atoms with Crippen LogP contribution in [0.4, 0.5) is 4.39 Å². The fourth-order valence-electron chi connectivity index (χ4n) is 9.67. The number of nitrogens with zero attached hydrogens (tertiary/aromatic N) is 3. The normalized spacial score (nSPS) is 34.9. The maximum atomic E-state index is 14.2. The molecule has 6 fully saturated rings. The lowest BCUT2D eigenvalue weighted by molar-refractivity contribution is -0.120. The second-order valence-corrected chi connectivity index (χ2v) is 14.5. The van der Waals surface area contributed by atoms with E-state index in [0.717, 1.165) is 41.3 Å². The van der Waals surface area contributed by atoms with E-state index in [4.69, 9.17) is 4.74 Å². The Morgan fingerprint density at radius 3 is 2.49 bits per heavy atom. The zero-order valence-corrected chi connectivity index (χ0v) is 23.8. The highest BCUT2D eigenvalue weighted by Crippen LogP contribution is 2.59. The number of benzene rings is 1. The van der Waals surface area contributed by atoms with Crippen LogP contribution < -0.4 is 10.1 Å². The zero-order chi connectivity index (χ0) is 26.6. The van der Waals surface area contributed by atoms with Crippen molar-refractivity contribution in [3.8, 4) is 5.75 Å². The maximum Gasteiger partial charge on any atom is 0.230 e. The number of halogens is 1. The third-order valence-electron chi connectivity index (χ3n) is 10.9. The van der Waals surface area contributed by atoms with Gasteiger partial charge in [-0.3, -0.25) is 9.36 Å². The van der Waals surface area contributed by atoms with E-state index in [1.165, 1.54) is 82.0 Å². The summed E-state index contributed by atoms with van der Waals surface area (Å²) in [5.74, 6) is 5.78. The quantitative estimate of drug-likeness (QED) is 0.345. The molecular formula is C31H41FN4O2S. The molecule has 6 saturated carbocycles. The van der Waals surface area contributed by atoms with Gasteiger partial charge in [0.1, 0.15) is 6.61 Å². The second kappa shape index (κ2) is 10.4. The smallest absolute Gasteiger partial charge is 0.230 e. The summed E-state index contributed by atoms with van der Waals surface area (Å²) in [6.45, 7) is 3.24. The van der Waals surface area contributed by atoms with Crippen molar-refractivity contribution in [2.45, 2.75) is 88.9 Å². The van der Waals surface area contributed by atoms with Gasteiger partial charge in [-0.15, -0.1) is 10.2 Å². The summed E-state index contributed by atoms with van der Waals surface area (Å²) < 4.78 is 22.2. The molecule has 210 valence electrons. The Morgan fingerprint density at radius 2 is 1.82 bits per heavy atom. The molecule has 0 saturated heterocycles. The number of ether oxygens (including phenoxy) is 1. The number of amides is 1. The minimum Gasteiger partial charge on any atom is -0.483 e. The predicted molar refractivity (Wildman–Crippen MR) is 149 cm³/mol. The van der Waals surface area contributed by atoms with Gasteiger partial charge >= 0.3 is 0 Å². The number of aromatic nitrogens is 3. The molecule has 1 N–H and O–H groups in total. The van der Waals surface area contributed by atoms with E-state index < -0.39 is 0 Å². The minimum atomic E-state index is -0.380. The minimum absolute atomic E-state index is 0.0852. The Hall–Kier alpha value is -2.09. The Bertz CT molecular complexity index is 1180. The van der Waals surface area contributed by atoms with Crippen molar-refractivity contribution >= 4 is 17.7 Å². The molecule has 1 aromatic heterocycles. The molecule has 0 aliphatic heterocycles. The second-order valence-electron chi connectivity index (χ2n) is 13.6. The summed E-state index contributed by atoms with van der Waals surface area (Å²) in [6, 6.07) is 6.68. The van der Waals surface area contributed by atoms with Crippen LogP contribution in [0.3, 0.4) is 0 Å². The first kappa shape index (κ1) is 25.8. The Labute approximate surface area is 235 Å². The standard InChI is InChI=1S/C31H41FN4O2S/c1-19(25-12-20-6-7-24(25)11-20)36-28(16-38-27-5-3-2-4-26(27)32)34-35-30(36)39-17-29(37)33-18-31-13-21-8-22(14-31)10-23(9-21)15-31/h2-5,19-25H,6-18H2,1H3,(H,33,37)/t19-,20-,21?,22?,23?,24-,25-,31?/m0/s1. The molecular weight excluding hydrogens is 511 g/mol. The van der Waals surface area contributed by atoms with Crippen LogP contribution in [0.1, 0.15) is 83.0 Å². The van der Waals surface area contributed by atoms with Gasteiger partial charge in [0, 0.05) is 12.6 Å². The molecule has 8 heteroatoms. The van der Waals surface area contributed by atoms with Crippen LogP contribution in [0.2, 0.25) is 0 Å². The van der Waals surface area contributed by atoms with Crippen molar-refractivity contribution in [1.82, 2.24) is 20.1 Å². The lowest BCUT2D eigenvalue weighted by Crippen LogP contribution is -2.51. The molecule has 4 atom stereocenters. The molecule has 0 radical (unpaired) electrons. The average molecular weight is 553 g/mol. The molecule has 6 bridgehead atoms. The molecule has 6 aliphatic carbocycles. The summed E-state index contributed by atoms with van der Waals surface area (Å²) in [7, 11) is 0. The van der Waals surface area contributed by atoms with E-state index in [9.17, 15) is 9.18 Å². The lowest BCUT2D eigenvalue weighted by Gasteiger charge is -2.56. The maximum absolute atomic E-state index is 14.2. The monoisotopic (exact) mass is 552 g/mol. The van der Waals surface area contributed by atoms with Crippen molar-refractivity contribution in [2.24, 2.45) is 40.9 Å². The van der Waals surface area contributed by atoms with Gasteiger partial charge in [-0.1, -0.05) is 30.3 Å². The largest absolute Gasteiger partial charge is 0.483 e. The number of nitrogens with one attached hydrogen (secondary N) is 1. The molecule has 1 heterocycles. The third kappa shape index (κ3) is 5.11. The SMILES string of the molecule is C[C@@H]([C@@H]1C[C@H]2CC[C@H]1C2)n1c(COc2ccccc2F)nnc1SCC(=O)NCC12CC3CC(CC(C3)C1)C2. The summed E-state index contributed by atoms with van der Waals surface area (Å²) in [5, 5.41) is 13.1. The van der Waals surface area contributed by atoms with E-state index in [-0.39, 0.29) is 30.1 Å². The van der Waals surface area contributed by atoms with Gasteiger partial charge in [-0.2, -0.15) is 0 Å². The molecule has 6 aliphatic rings. The number of hydrogen-bond donors (Lipinski definition) is 1. The number of rotatable bonds is 10. The van der Waals surface area contributed by atoms with Gasteiger partial charge in [0.25, 0.3) is 0 Å². The Kier molecular flexibility index (Phi) is 6.88. The summed E-state index contributed by atoms with van der Waals surface area (Å²) in [6.07, 6.45) is 13.4. The van der Waals surface area contributed by atoms with E-state index in [1.54, 1.807) is 18.2 Å².